The van der Waals surface area contributed by atoms with Gasteiger partial charge < -0.3 is 10.3 Å². The summed E-state index contributed by atoms with van der Waals surface area (Å²) in [6.45, 7) is 0.615. The van der Waals surface area contributed by atoms with Crippen molar-refractivity contribution in [3.8, 4) is 11.4 Å². The zero-order valence-corrected chi connectivity index (χ0v) is 13.5. The lowest BCUT2D eigenvalue weighted by Crippen LogP contribution is -2.25. The molecule has 1 aromatic heterocycles. The lowest BCUT2D eigenvalue weighted by molar-refractivity contribution is -0.121. The molecule has 122 valence electrons. The number of benzene rings is 2. The topological polar surface area (TPSA) is 57.8 Å². The Labute approximate surface area is 142 Å². The number of H-pyrrole nitrogens is 1. The Morgan fingerprint density at radius 2 is 1.67 bits per heavy atom. The van der Waals surface area contributed by atoms with E-state index in [0.717, 1.165) is 29.9 Å². The number of hydrogen-bond acceptors (Lipinski definition) is 2. The van der Waals surface area contributed by atoms with Crippen LogP contribution in [0.15, 0.2) is 66.9 Å². The lowest BCUT2D eigenvalue weighted by atomic mass is 10.1. The van der Waals surface area contributed by atoms with Crippen molar-refractivity contribution >= 4 is 5.91 Å². The van der Waals surface area contributed by atoms with E-state index in [2.05, 4.69) is 15.3 Å². The van der Waals surface area contributed by atoms with Crippen LogP contribution in [-0.4, -0.2) is 22.4 Å². The summed E-state index contributed by atoms with van der Waals surface area (Å²) in [5.41, 5.74) is 3.28. The molecular formula is C20H21N3O. The number of rotatable bonds is 7. The molecule has 24 heavy (non-hydrogen) atoms. The molecule has 0 bridgehead atoms. The van der Waals surface area contributed by atoms with Crippen molar-refractivity contribution in [3.05, 3.63) is 78.1 Å². The average Bonchev–Trinajstić information content (AvgIpc) is 3.11. The highest BCUT2D eigenvalue weighted by Crippen LogP contribution is 2.14. The monoisotopic (exact) mass is 319 g/mol. The van der Waals surface area contributed by atoms with E-state index in [0.29, 0.717) is 13.0 Å². The number of aromatic nitrogens is 2. The van der Waals surface area contributed by atoms with E-state index >= 15 is 0 Å². The number of nitrogens with zero attached hydrogens (tertiary/aromatic N) is 1. The molecule has 0 radical (unpaired) electrons. The van der Waals surface area contributed by atoms with Crippen molar-refractivity contribution in [2.75, 3.05) is 6.54 Å². The first kappa shape index (κ1) is 16.0. The van der Waals surface area contributed by atoms with E-state index in [4.69, 9.17) is 0 Å². The highest BCUT2D eigenvalue weighted by molar-refractivity contribution is 5.76. The molecule has 0 fully saturated rings. The van der Waals surface area contributed by atoms with Crippen LogP contribution >= 0.6 is 0 Å². The summed E-state index contributed by atoms with van der Waals surface area (Å²) in [6, 6.07) is 20.1. The first-order chi connectivity index (χ1) is 11.8. The zero-order valence-electron chi connectivity index (χ0n) is 13.5. The molecule has 0 saturated carbocycles. The van der Waals surface area contributed by atoms with Gasteiger partial charge in [0, 0.05) is 36.8 Å². The Hall–Kier alpha value is -2.88. The smallest absolute Gasteiger partial charge is 0.220 e. The van der Waals surface area contributed by atoms with E-state index < -0.39 is 0 Å². The second-order valence-corrected chi connectivity index (χ2v) is 5.71. The fraction of sp³-hybridized carbons (Fsp3) is 0.200. The molecule has 1 amide bonds. The fourth-order valence-electron chi connectivity index (χ4n) is 2.56. The van der Waals surface area contributed by atoms with Gasteiger partial charge in [0.1, 0.15) is 5.82 Å². The Morgan fingerprint density at radius 1 is 0.958 bits per heavy atom. The summed E-state index contributed by atoms with van der Waals surface area (Å²) in [6.07, 6.45) is 3.87. The highest BCUT2D eigenvalue weighted by Gasteiger charge is 2.05. The summed E-state index contributed by atoms with van der Waals surface area (Å²) in [5.74, 6) is 0.947. The van der Waals surface area contributed by atoms with Gasteiger partial charge in [-0.25, -0.2) is 4.98 Å². The van der Waals surface area contributed by atoms with Crippen LogP contribution in [0.25, 0.3) is 11.4 Å². The lowest BCUT2D eigenvalue weighted by Gasteiger charge is -2.04. The van der Waals surface area contributed by atoms with E-state index in [1.807, 2.05) is 66.9 Å². The number of carbonyl (C=O) groups excluding carboxylic acids is 1. The van der Waals surface area contributed by atoms with Crippen LogP contribution in [0.1, 0.15) is 17.7 Å². The Morgan fingerprint density at radius 3 is 2.42 bits per heavy atom. The van der Waals surface area contributed by atoms with Gasteiger partial charge >= 0.3 is 0 Å². The third-order valence-corrected chi connectivity index (χ3v) is 3.88. The summed E-state index contributed by atoms with van der Waals surface area (Å²) >= 11 is 0. The third-order valence-electron chi connectivity index (χ3n) is 3.88. The molecule has 4 heteroatoms. The van der Waals surface area contributed by atoms with Gasteiger partial charge in [-0.3, -0.25) is 4.79 Å². The van der Waals surface area contributed by atoms with Crippen molar-refractivity contribution in [3.63, 3.8) is 0 Å². The molecule has 2 aromatic carbocycles. The SMILES string of the molecule is O=C(CCc1ccccc1)NCCc1cnc(-c2ccccc2)[nH]1. The van der Waals surface area contributed by atoms with Crippen LogP contribution in [-0.2, 0) is 17.6 Å². The van der Waals surface area contributed by atoms with Gasteiger partial charge in [-0.15, -0.1) is 0 Å². The predicted molar refractivity (Wildman–Crippen MR) is 95.5 cm³/mol. The molecular weight excluding hydrogens is 298 g/mol. The van der Waals surface area contributed by atoms with Crippen molar-refractivity contribution < 1.29 is 4.79 Å². The number of amides is 1. The van der Waals surface area contributed by atoms with Gasteiger partial charge in [-0.2, -0.15) is 0 Å². The standard InChI is InChI=1S/C20H21N3O/c24-19(12-11-16-7-3-1-4-8-16)21-14-13-18-15-22-20(23-18)17-9-5-2-6-10-17/h1-10,15H,11-14H2,(H,21,24)(H,22,23). The maximum Gasteiger partial charge on any atom is 0.220 e. The van der Waals surface area contributed by atoms with Crippen LogP contribution in [0, 0.1) is 0 Å². The number of hydrogen-bond donors (Lipinski definition) is 2. The minimum atomic E-state index is 0.0849. The first-order valence-corrected chi connectivity index (χ1v) is 8.21. The Balaban J connectivity index is 1.42. The van der Waals surface area contributed by atoms with Crippen molar-refractivity contribution in [2.24, 2.45) is 0 Å². The molecule has 0 aliphatic rings. The number of nitrogens with one attached hydrogen (secondary N) is 2. The average molecular weight is 319 g/mol. The molecule has 0 unspecified atom stereocenters. The molecule has 3 aromatic rings. The van der Waals surface area contributed by atoms with Crippen molar-refractivity contribution in [2.45, 2.75) is 19.3 Å². The number of aromatic amines is 1. The molecule has 4 nitrogen and oxygen atoms in total. The quantitative estimate of drug-likeness (QED) is 0.701. The molecule has 0 aliphatic heterocycles. The highest BCUT2D eigenvalue weighted by atomic mass is 16.1. The zero-order chi connectivity index (χ0) is 16.6. The predicted octanol–water partition coefficient (Wildman–Crippen LogP) is 3.37. The van der Waals surface area contributed by atoms with Crippen LogP contribution in [0.3, 0.4) is 0 Å². The van der Waals surface area contributed by atoms with Crippen LogP contribution in [0.5, 0.6) is 0 Å². The van der Waals surface area contributed by atoms with Gasteiger partial charge in [0.05, 0.1) is 0 Å². The summed E-state index contributed by atoms with van der Waals surface area (Å²) in [4.78, 5) is 19.6. The second-order valence-electron chi connectivity index (χ2n) is 5.71. The minimum absolute atomic E-state index is 0.0849. The van der Waals surface area contributed by atoms with Gasteiger partial charge in [0.15, 0.2) is 0 Å². The Bertz CT molecular complexity index is 766. The molecule has 0 atom stereocenters. The molecule has 0 saturated heterocycles. The maximum absolute atomic E-state index is 11.9. The van der Waals surface area contributed by atoms with Crippen LogP contribution in [0.4, 0.5) is 0 Å². The summed E-state index contributed by atoms with van der Waals surface area (Å²) in [7, 11) is 0. The van der Waals surface area contributed by atoms with E-state index in [9.17, 15) is 4.79 Å². The molecule has 3 rings (SSSR count). The normalized spacial score (nSPS) is 10.5. The minimum Gasteiger partial charge on any atom is -0.356 e. The molecule has 2 N–H and O–H groups in total. The third kappa shape index (κ3) is 4.56. The molecule has 0 spiro atoms. The van der Waals surface area contributed by atoms with Gasteiger partial charge in [-0.05, 0) is 12.0 Å². The molecule has 0 aliphatic carbocycles. The van der Waals surface area contributed by atoms with E-state index in [1.165, 1.54) is 5.56 Å². The maximum atomic E-state index is 11.9. The van der Waals surface area contributed by atoms with E-state index in [-0.39, 0.29) is 5.91 Å². The second kappa shape index (κ2) is 8.11. The van der Waals surface area contributed by atoms with Gasteiger partial charge in [-0.1, -0.05) is 60.7 Å². The number of carbonyl (C=O) groups is 1. The largest absolute Gasteiger partial charge is 0.356 e. The number of imidazole rings is 1. The van der Waals surface area contributed by atoms with Gasteiger partial charge in [0.2, 0.25) is 5.91 Å². The van der Waals surface area contributed by atoms with Crippen molar-refractivity contribution in [1.29, 1.82) is 0 Å². The van der Waals surface area contributed by atoms with Crippen molar-refractivity contribution in [1.82, 2.24) is 15.3 Å². The van der Waals surface area contributed by atoms with Crippen LogP contribution < -0.4 is 5.32 Å². The first-order valence-electron chi connectivity index (χ1n) is 8.21. The fourth-order valence-corrected chi connectivity index (χ4v) is 2.56. The van der Waals surface area contributed by atoms with E-state index in [1.54, 1.807) is 0 Å². The Kier molecular flexibility index (Phi) is 5.40. The number of aryl methyl sites for hydroxylation is 1. The van der Waals surface area contributed by atoms with Crippen LogP contribution in [0.2, 0.25) is 0 Å². The summed E-state index contributed by atoms with van der Waals surface area (Å²) < 4.78 is 0. The van der Waals surface area contributed by atoms with Gasteiger partial charge in [0.25, 0.3) is 0 Å². The molecule has 1 heterocycles. The summed E-state index contributed by atoms with van der Waals surface area (Å²) in [5, 5.41) is 2.96.